The summed E-state index contributed by atoms with van der Waals surface area (Å²) in [5.74, 6) is 0.482. The number of carbonyl (C=O) groups excluding carboxylic acids is 2. The van der Waals surface area contributed by atoms with Crippen LogP contribution in [0.3, 0.4) is 0 Å². The van der Waals surface area contributed by atoms with Crippen LogP contribution >= 0.6 is 0 Å². The standard InChI is InChI=1S/C20H32N2O4/c1-13(2)17(19(24)21-9-8-20(3,4)5)22-18(23)14-10-15(25-6)12-16(11-14)26-7/h10-13,17H,8-9H2,1-7H3,(H,21,24)(H,22,23). The van der Waals surface area contributed by atoms with E-state index in [2.05, 4.69) is 31.4 Å². The van der Waals surface area contributed by atoms with Gasteiger partial charge in [-0.15, -0.1) is 0 Å². The molecule has 0 aliphatic carbocycles. The second kappa shape index (κ2) is 9.46. The van der Waals surface area contributed by atoms with E-state index in [1.165, 1.54) is 14.2 Å². The number of ether oxygens (including phenoxy) is 2. The normalized spacial score (nSPS) is 12.5. The summed E-state index contributed by atoms with van der Waals surface area (Å²) in [7, 11) is 3.05. The number of nitrogens with one attached hydrogen (secondary N) is 2. The second-order valence-electron chi connectivity index (χ2n) is 7.90. The van der Waals surface area contributed by atoms with Crippen molar-refractivity contribution in [3.8, 4) is 11.5 Å². The van der Waals surface area contributed by atoms with E-state index in [4.69, 9.17) is 9.47 Å². The van der Waals surface area contributed by atoms with Crippen LogP contribution in [-0.2, 0) is 4.79 Å². The molecule has 26 heavy (non-hydrogen) atoms. The molecule has 1 unspecified atom stereocenters. The van der Waals surface area contributed by atoms with E-state index >= 15 is 0 Å². The van der Waals surface area contributed by atoms with Crippen LogP contribution in [0, 0.1) is 11.3 Å². The lowest BCUT2D eigenvalue weighted by atomic mass is 9.92. The van der Waals surface area contributed by atoms with Crippen molar-refractivity contribution in [3.05, 3.63) is 23.8 Å². The highest BCUT2D eigenvalue weighted by Gasteiger charge is 2.25. The maximum absolute atomic E-state index is 12.6. The van der Waals surface area contributed by atoms with Crippen LogP contribution in [0.25, 0.3) is 0 Å². The quantitative estimate of drug-likeness (QED) is 0.743. The van der Waals surface area contributed by atoms with Crippen LogP contribution in [0.4, 0.5) is 0 Å². The predicted molar refractivity (Wildman–Crippen MR) is 103 cm³/mol. The molecule has 0 fully saturated rings. The molecule has 1 atom stereocenters. The van der Waals surface area contributed by atoms with Crippen molar-refractivity contribution < 1.29 is 19.1 Å². The molecule has 0 spiro atoms. The lowest BCUT2D eigenvalue weighted by molar-refractivity contribution is -0.124. The van der Waals surface area contributed by atoms with Gasteiger partial charge in [0.25, 0.3) is 5.91 Å². The molecule has 6 nitrogen and oxygen atoms in total. The Morgan fingerprint density at radius 1 is 1.04 bits per heavy atom. The smallest absolute Gasteiger partial charge is 0.252 e. The van der Waals surface area contributed by atoms with E-state index in [0.717, 1.165) is 6.42 Å². The number of rotatable bonds is 8. The first-order valence-corrected chi connectivity index (χ1v) is 8.89. The van der Waals surface area contributed by atoms with Crippen molar-refractivity contribution in [2.45, 2.75) is 47.1 Å². The van der Waals surface area contributed by atoms with Crippen LogP contribution in [0.5, 0.6) is 11.5 Å². The molecule has 0 aromatic heterocycles. The minimum Gasteiger partial charge on any atom is -0.497 e. The Bertz CT molecular complexity index is 598. The highest BCUT2D eigenvalue weighted by atomic mass is 16.5. The van der Waals surface area contributed by atoms with Gasteiger partial charge in [0.1, 0.15) is 17.5 Å². The zero-order valence-electron chi connectivity index (χ0n) is 16.9. The number of methoxy groups -OCH3 is 2. The van der Waals surface area contributed by atoms with E-state index in [9.17, 15) is 9.59 Å². The van der Waals surface area contributed by atoms with Crippen molar-refractivity contribution in [1.29, 1.82) is 0 Å². The van der Waals surface area contributed by atoms with Crippen LogP contribution in [0.15, 0.2) is 18.2 Å². The topological polar surface area (TPSA) is 76.7 Å². The Hall–Kier alpha value is -2.24. The highest BCUT2D eigenvalue weighted by molar-refractivity contribution is 5.98. The lowest BCUT2D eigenvalue weighted by Gasteiger charge is -2.23. The average molecular weight is 364 g/mol. The Morgan fingerprint density at radius 3 is 2.00 bits per heavy atom. The molecule has 0 heterocycles. The minimum absolute atomic E-state index is 0.0407. The van der Waals surface area contributed by atoms with Gasteiger partial charge in [-0.2, -0.15) is 0 Å². The molecule has 0 aliphatic rings. The van der Waals surface area contributed by atoms with Gasteiger partial charge in [0.05, 0.1) is 14.2 Å². The third kappa shape index (κ3) is 6.94. The van der Waals surface area contributed by atoms with E-state index in [1.54, 1.807) is 18.2 Å². The Balaban J connectivity index is 2.83. The fourth-order valence-corrected chi connectivity index (χ4v) is 2.37. The molecule has 2 amide bonds. The van der Waals surface area contributed by atoms with Gasteiger partial charge < -0.3 is 20.1 Å². The Morgan fingerprint density at radius 2 is 1.58 bits per heavy atom. The third-order valence-corrected chi connectivity index (χ3v) is 4.02. The van der Waals surface area contributed by atoms with Gasteiger partial charge >= 0.3 is 0 Å². The number of benzene rings is 1. The van der Waals surface area contributed by atoms with Crippen LogP contribution < -0.4 is 20.1 Å². The summed E-state index contributed by atoms with van der Waals surface area (Å²) < 4.78 is 10.4. The predicted octanol–water partition coefficient (Wildman–Crippen LogP) is 3.01. The molecule has 146 valence electrons. The second-order valence-corrected chi connectivity index (χ2v) is 7.90. The van der Waals surface area contributed by atoms with Gasteiger partial charge in [-0.3, -0.25) is 9.59 Å². The van der Waals surface area contributed by atoms with Crippen LogP contribution in [0.2, 0.25) is 0 Å². The van der Waals surface area contributed by atoms with Gasteiger partial charge in [-0.05, 0) is 29.9 Å². The third-order valence-electron chi connectivity index (χ3n) is 4.02. The van der Waals surface area contributed by atoms with Gasteiger partial charge in [0.15, 0.2) is 0 Å². The monoisotopic (exact) mass is 364 g/mol. The molecule has 6 heteroatoms. The molecule has 0 saturated carbocycles. The maximum atomic E-state index is 12.6. The summed E-state index contributed by atoms with van der Waals surface area (Å²) in [5.41, 5.74) is 0.524. The number of hydrogen-bond donors (Lipinski definition) is 2. The van der Waals surface area contributed by atoms with Gasteiger partial charge in [0.2, 0.25) is 5.91 Å². The number of hydrogen-bond acceptors (Lipinski definition) is 4. The van der Waals surface area contributed by atoms with Gasteiger partial charge in [-0.1, -0.05) is 34.6 Å². The summed E-state index contributed by atoms with van der Waals surface area (Å²) >= 11 is 0. The van der Waals surface area contributed by atoms with E-state index in [-0.39, 0.29) is 23.1 Å². The Kier molecular flexibility index (Phi) is 7.93. The first-order valence-electron chi connectivity index (χ1n) is 8.89. The van der Waals surface area contributed by atoms with E-state index in [0.29, 0.717) is 23.6 Å². The van der Waals surface area contributed by atoms with Crippen LogP contribution in [0.1, 0.15) is 51.4 Å². The summed E-state index contributed by atoms with van der Waals surface area (Å²) in [5, 5.41) is 5.74. The van der Waals surface area contributed by atoms with Gasteiger partial charge in [0, 0.05) is 18.2 Å². The first-order chi connectivity index (χ1) is 12.1. The average Bonchev–Trinajstić information content (AvgIpc) is 2.57. The fraction of sp³-hybridized carbons (Fsp3) is 0.600. The number of carbonyl (C=O) groups is 2. The minimum atomic E-state index is -0.611. The maximum Gasteiger partial charge on any atom is 0.252 e. The molecule has 1 rings (SSSR count). The summed E-state index contributed by atoms with van der Waals surface area (Å²) in [6.07, 6.45) is 0.866. The largest absolute Gasteiger partial charge is 0.497 e. The van der Waals surface area contributed by atoms with Crippen molar-refractivity contribution in [2.75, 3.05) is 20.8 Å². The van der Waals surface area contributed by atoms with Crippen molar-refractivity contribution in [2.24, 2.45) is 11.3 Å². The van der Waals surface area contributed by atoms with Crippen molar-refractivity contribution in [3.63, 3.8) is 0 Å². The van der Waals surface area contributed by atoms with E-state index in [1.807, 2.05) is 13.8 Å². The number of amides is 2. The van der Waals surface area contributed by atoms with Crippen molar-refractivity contribution >= 4 is 11.8 Å². The SMILES string of the molecule is COc1cc(OC)cc(C(=O)NC(C(=O)NCCC(C)(C)C)C(C)C)c1. The molecule has 1 aromatic rings. The lowest BCUT2D eigenvalue weighted by Crippen LogP contribution is -2.50. The molecule has 0 bridgehead atoms. The molecule has 0 radical (unpaired) electrons. The summed E-state index contributed by atoms with van der Waals surface area (Å²) in [6.45, 7) is 10.8. The van der Waals surface area contributed by atoms with Crippen LogP contribution in [-0.4, -0.2) is 38.6 Å². The fourth-order valence-electron chi connectivity index (χ4n) is 2.37. The van der Waals surface area contributed by atoms with Gasteiger partial charge in [-0.25, -0.2) is 0 Å². The van der Waals surface area contributed by atoms with E-state index < -0.39 is 6.04 Å². The molecular weight excluding hydrogens is 332 g/mol. The molecule has 1 aromatic carbocycles. The summed E-state index contributed by atoms with van der Waals surface area (Å²) in [6, 6.07) is 4.31. The molecule has 0 aliphatic heterocycles. The zero-order chi connectivity index (χ0) is 19.9. The Labute approximate surface area is 156 Å². The molecular formula is C20H32N2O4. The molecule has 0 saturated heterocycles. The molecule has 2 N–H and O–H groups in total. The van der Waals surface area contributed by atoms with Crippen molar-refractivity contribution in [1.82, 2.24) is 10.6 Å². The zero-order valence-corrected chi connectivity index (χ0v) is 16.9. The summed E-state index contributed by atoms with van der Waals surface area (Å²) in [4.78, 5) is 25.1. The first kappa shape index (κ1) is 21.8. The highest BCUT2D eigenvalue weighted by Crippen LogP contribution is 2.22.